The first-order chi connectivity index (χ1) is 9.97. The van der Waals surface area contributed by atoms with Crippen LogP contribution in [-0.4, -0.2) is 41.6 Å². The first-order valence-electron chi connectivity index (χ1n) is 7.22. The summed E-state index contributed by atoms with van der Waals surface area (Å²) in [7, 11) is 0. The molecular weight excluding hydrogens is 274 g/mol. The second-order valence-electron chi connectivity index (χ2n) is 5.30. The molecule has 0 saturated heterocycles. The van der Waals surface area contributed by atoms with Gasteiger partial charge < -0.3 is 4.74 Å². The number of rotatable bonds is 5. The summed E-state index contributed by atoms with van der Waals surface area (Å²) in [5, 5.41) is 0. The highest BCUT2D eigenvalue weighted by Gasteiger charge is 2.41. The van der Waals surface area contributed by atoms with E-state index in [-0.39, 0.29) is 25.0 Å². The van der Waals surface area contributed by atoms with Gasteiger partial charge in [-0.3, -0.25) is 24.1 Å². The van der Waals surface area contributed by atoms with E-state index < -0.39 is 17.7 Å². The molecule has 0 aromatic rings. The zero-order valence-corrected chi connectivity index (χ0v) is 12.3. The Morgan fingerprint density at radius 3 is 2.10 bits per heavy atom. The third-order valence-corrected chi connectivity index (χ3v) is 3.90. The summed E-state index contributed by atoms with van der Waals surface area (Å²) in [6, 6.07) is 0. The average molecular weight is 293 g/mol. The molecule has 0 radical (unpaired) electrons. The van der Waals surface area contributed by atoms with Gasteiger partial charge in [0.25, 0.3) is 11.8 Å². The maximum Gasteiger partial charge on any atom is 0.318 e. The molecule has 0 aromatic heterocycles. The van der Waals surface area contributed by atoms with E-state index in [1.807, 2.05) is 0 Å². The highest BCUT2D eigenvalue weighted by Crippen LogP contribution is 2.33. The van der Waals surface area contributed by atoms with Gasteiger partial charge in [-0.15, -0.1) is 0 Å². The lowest BCUT2D eigenvalue weighted by Gasteiger charge is -2.20. The van der Waals surface area contributed by atoms with Gasteiger partial charge in [0.1, 0.15) is 11.7 Å². The maximum atomic E-state index is 12.3. The van der Waals surface area contributed by atoms with Crippen molar-refractivity contribution in [2.45, 2.75) is 39.5 Å². The number of hydrogen-bond donors (Lipinski definition) is 0. The Balaban J connectivity index is 2.15. The minimum absolute atomic E-state index is 0.152. The van der Waals surface area contributed by atoms with Crippen molar-refractivity contribution in [1.29, 1.82) is 0 Å². The minimum Gasteiger partial charge on any atom is -0.465 e. The Morgan fingerprint density at radius 1 is 1.14 bits per heavy atom. The van der Waals surface area contributed by atoms with Crippen molar-refractivity contribution in [2.24, 2.45) is 5.92 Å². The third-order valence-electron chi connectivity index (χ3n) is 3.90. The summed E-state index contributed by atoms with van der Waals surface area (Å²) >= 11 is 0. The molecule has 1 aliphatic heterocycles. The van der Waals surface area contributed by atoms with Gasteiger partial charge in [0.05, 0.1) is 6.61 Å². The van der Waals surface area contributed by atoms with Crippen molar-refractivity contribution >= 4 is 23.6 Å². The monoisotopic (exact) mass is 293 g/mol. The topological polar surface area (TPSA) is 80.8 Å². The van der Waals surface area contributed by atoms with Crippen molar-refractivity contribution in [3.8, 4) is 0 Å². The van der Waals surface area contributed by atoms with E-state index in [1.54, 1.807) is 6.92 Å². The molecule has 0 fully saturated rings. The lowest BCUT2D eigenvalue weighted by molar-refractivity contribution is -0.152. The molecule has 0 saturated carbocycles. The fourth-order valence-electron chi connectivity index (χ4n) is 2.76. The van der Waals surface area contributed by atoms with E-state index in [0.717, 1.165) is 17.7 Å². The summed E-state index contributed by atoms with van der Waals surface area (Å²) in [5.74, 6) is -2.90. The Kier molecular flexibility index (Phi) is 4.55. The average Bonchev–Trinajstić information content (AvgIpc) is 2.69. The van der Waals surface area contributed by atoms with Gasteiger partial charge in [0, 0.05) is 17.7 Å². The van der Waals surface area contributed by atoms with Gasteiger partial charge in [-0.05, 0) is 39.5 Å². The first-order valence-corrected chi connectivity index (χ1v) is 7.22. The van der Waals surface area contributed by atoms with Gasteiger partial charge in [-0.2, -0.15) is 0 Å². The molecule has 0 unspecified atom stereocenters. The second-order valence-corrected chi connectivity index (χ2v) is 5.30. The summed E-state index contributed by atoms with van der Waals surface area (Å²) in [5.41, 5.74) is 1.11. The SMILES string of the molecule is CCOC(=O)[C@H](CN1C(=O)C2=C(CCCC2)C1=O)C(C)=O. The van der Waals surface area contributed by atoms with Crippen LogP contribution in [0.3, 0.4) is 0 Å². The van der Waals surface area contributed by atoms with Crippen molar-refractivity contribution in [3.05, 3.63) is 11.1 Å². The van der Waals surface area contributed by atoms with E-state index in [1.165, 1.54) is 6.92 Å². The molecule has 6 heteroatoms. The minimum atomic E-state index is -1.10. The van der Waals surface area contributed by atoms with Crippen LogP contribution in [0, 0.1) is 5.92 Å². The van der Waals surface area contributed by atoms with E-state index in [2.05, 4.69) is 0 Å². The standard InChI is InChI=1S/C15H19NO5/c1-3-21-15(20)12(9(2)17)8-16-13(18)10-6-4-5-7-11(10)14(16)19/h12H,3-8H2,1-2H3/t12-/m1/s1. The predicted molar refractivity (Wildman–Crippen MR) is 73.0 cm³/mol. The van der Waals surface area contributed by atoms with E-state index in [4.69, 9.17) is 4.74 Å². The predicted octanol–water partition coefficient (Wildman–Crippen LogP) is 0.994. The van der Waals surface area contributed by atoms with Crippen molar-refractivity contribution in [3.63, 3.8) is 0 Å². The van der Waals surface area contributed by atoms with Crippen LogP contribution >= 0.6 is 0 Å². The number of Topliss-reactive ketones (excluding diaryl/α,β-unsaturated/α-hetero) is 1. The molecular formula is C15H19NO5. The van der Waals surface area contributed by atoms with Crippen molar-refractivity contribution in [1.82, 2.24) is 4.90 Å². The number of ether oxygens (including phenoxy) is 1. The van der Waals surface area contributed by atoms with Gasteiger partial charge >= 0.3 is 5.97 Å². The zero-order chi connectivity index (χ0) is 15.6. The molecule has 2 rings (SSSR count). The Labute approximate surface area is 123 Å². The number of hydrogen-bond acceptors (Lipinski definition) is 5. The van der Waals surface area contributed by atoms with Crippen molar-refractivity contribution in [2.75, 3.05) is 13.2 Å². The van der Waals surface area contributed by atoms with Crippen LogP contribution in [0.4, 0.5) is 0 Å². The van der Waals surface area contributed by atoms with Gasteiger partial charge in [-0.1, -0.05) is 0 Å². The number of carbonyl (C=O) groups excluding carboxylic acids is 4. The molecule has 1 aliphatic carbocycles. The summed E-state index contributed by atoms with van der Waals surface area (Å²) in [6.45, 7) is 2.83. The number of esters is 1. The van der Waals surface area contributed by atoms with E-state index >= 15 is 0 Å². The van der Waals surface area contributed by atoms with Crippen LogP contribution in [0.1, 0.15) is 39.5 Å². The van der Waals surface area contributed by atoms with Crippen LogP contribution in [0.25, 0.3) is 0 Å². The van der Waals surface area contributed by atoms with Crippen LogP contribution < -0.4 is 0 Å². The molecule has 0 aromatic carbocycles. The number of ketones is 1. The second kappa shape index (κ2) is 6.20. The number of nitrogens with zero attached hydrogens (tertiary/aromatic N) is 1. The number of amides is 2. The first kappa shape index (κ1) is 15.4. The molecule has 0 N–H and O–H groups in total. The Morgan fingerprint density at radius 2 is 1.67 bits per heavy atom. The highest BCUT2D eigenvalue weighted by atomic mass is 16.5. The molecule has 1 heterocycles. The molecule has 0 spiro atoms. The highest BCUT2D eigenvalue weighted by molar-refractivity contribution is 6.19. The summed E-state index contributed by atoms with van der Waals surface area (Å²) < 4.78 is 4.84. The molecule has 0 bridgehead atoms. The van der Waals surface area contributed by atoms with Gasteiger partial charge in [0.2, 0.25) is 0 Å². The van der Waals surface area contributed by atoms with Crippen LogP contribution in [0.2, 0.25) is 0 Å². The Hall–Kier alpha value is -1.98. The molecule has 2 aliphatic rings. The summed E-state index contributed by atoms with van der Waals surface area (Å²) in [6.07, 6.45) is 2.97. The number of carbonyl (C=O) groups is 4. The largest absolute Gasteiger partial charge is 0.465 e. The van der Waals surface area contributed by atoms with Crippen molar-refractivity contribution < 1.29 is 23.9 Å². The lowest BCUT2D eigenvalue weighted by Crippen LogP contribution is -2.41. The quantitative estimate of drug-likeness (QED) is 0.429. The smallest absolute Gasteiger partial charge is 0.318 e. The summed E-state index contributed by atoms with van der Waals surface area (Å²) in [4.78, 5) is 49.0. The normalized spacial score (nSPS) is 19.6. The van der Waals surface area contributed by atoms with E-state index in [0.29, 0.717) is 24.0 Å². The van der Waals surface area contributed by atoms with Gasteiger partial charge in [-0.25, -0.2) is 0 Å². The van der Waals surface area contributed by atoms with Crippen LogP contribution in [0.15, 0.2) is 11.1 Å². The molecule has 1 atom stereocenters. The zero-order valence-electron chi connectivity index (χ0n) is 12.3. The fraction of sp³-hybridized carbons (Fsp3) is 0.600. The molecule has 21 heavy (non-hydrogen) atoms. The third kappa shape index (κ3) is 2.89. The van der Waals surface area contributed by atoms with E-state index in [9.17, 15) is 19.2 Å². The maximum absolute atomic E-state index is 12.3. The molecule has 6 nitrogen and oxygen atoms in total. The van der Waals surface area contributed by atoms with Crippen LogP contribution in [0.5, 0.6) is 0 Å². The fourth-order valence-corrected chi connectivity index (χ4v) is 2.76. The van der Waals surface area contributed by atoms with Crippen LogP contribution in [-0.2, 0) is 23.9 Å². The molecule has 114 valence electrons. The Bertz CT molecular complexity index is 506. The van der Waals surface area contributed by atoms with Gasteiger partial charge in [0.15, 0.2) is 0 Å². The number of imide groups is 1. The molecule has 2 amide bonds. The lowest BCUT2D eigenvalue weighted by atomic mass is 9.93.